The molecule has 0 unspecified atom stereocenters. The van der Waals surface area contributed by atoms with Crippen molar-refractivity contribution in [3.8, 4) is 11.4 Å². The van der Waals surface area contributed by atoms with Gasteiger partial charge < -0.3 is 4.74 Å². The zero-order valence-electron chi connectivity index (χ0n) is 12.9. The molecular formula is C16H15ClN4O2. The zero-order valence-corrected chi connectivity index (χ0v) is 13.7. The van der Waals surface area contributed by atoms with Crippen molar-refractivity contribution in [2.45, 2.75) is 20.0 Å². The summed E-state index contributed by atoms with van der Waals surface area (Å²) < 4.78 is 6.99. The summed E-state index contributed by atoms with van der Waals surface area (Å²) in [5.41, 5.74) is 2.11. The first-order valence-corrected chi connectivity index (χ1v) is 7.51. The lowest BCUT2D eigenvalue weighted by Gasteiger charge is -2.10. The maximum Gasteiger partial charge on any atom is 0.342 e. The number of aryl methyl sites for hydroxylation is 1. The van der Waals surface area contributed by atoms with Gasteiger partial charge in [-0.2, -0.15) is 5.10 Å². The summed E-state index contributed by atoms with van der Waals surface area (Å²) in [7, 11) is 1.83. The lowest BCUT2D eigenvalue weighted by atomic mass is 10.1. The van der Waals surface area contributed by atoms with E-state index in [4.69, 9.17) is 16.3 Å². The maximum absolute atomic E-state index is 12.3. The van der Waals surface area contributed by atoms with Gasteiger partial charge in [-0.05, 0) is 31.5 Å². The highest BCUT2D eigenvalue weighted by Crippen LogP contribution is 2.29. The van der Waals surface area contributed by atoms with E-state index in [1.165, 1.54) is 6.20 Å². The van der Waals surface area contributed by atoms with Crippen LogP contribution in [0.2, 0.25) is 5.28 Å². The normalized spacial score (nSPS) is 11.2. The second-order valence-electron chi connectivity index (χ2n) is 5.34. The van der Waals surface area contributed by atoms with Crippen LogP contribution in [0, 0.1) is 0 Å². The number of rotatable bonds is 3. The maximum atomic E-state index is 12.3. The number of fused-ring (bicyclic) bond motifs is 1. The number of ether oxygens (including phenoxy) is 1. The lowest BCUT2D eigenvalue weighted by Crippen LogP contribution is -2.14. The first-order valence-electron chi connectivity index (χ1n) is 7.13. The number of halogens is 1. The average molecular weight is 331 g/mol. The number of nitrogens with zero attached hydrogens (tertiary/aromatic N) is 4. The Morgan fingerprint density at radius 2 is 2.00 bits per heavy atom. The minimum absolute atomic E-state index is 0.0517. The number of aromatic nitrogens is 4. The topological polar surface area (TPSA) is 69.9 Å². The predicted octanol–water partition coefficient (Wildman–Crippen LogP) is 3.25. The Labute approximate surface area is 138 Å². The van der Waals surface area contributed by atoms with Gasteiger partial charge in [0.15, 0.2) is 0 Å². The van der Waals surface area contributed by atoms with Crippen molar-refractivity contribution in [3.05, 3.63) is 41.3 Å². The van der Waals surface area contributed by atoms with Crippen LogP contribution < -0.4 is 0 Å². The molecule has 3 aromatic rings. The van der Waals surface area contributed by atoms with Crippen LogP contribution in [0.4, 0.5) is 0 Å². The van der Waals surface area contributed by atoms with Gasteiger partial charge in [0.05, 0.1) is 11.6 Å². The minimum atomic E-state index is -0.499. The second kappa shape index (κ2) is 5.96. The number of hydrogen-bond acceptors (Lipinski definition) is 5. The number of hydrogen-bond donors (Lipinski definition) is 0. The molecule has 6 nitrogen and oxygen atoms in total. The van der Waals surface area contributed by atoms with Gasteiger partial charge >= 0.3 is 5.97 Å². The highest BCUT2D eigenvalue weighted by Gasteiger charge is 2.22. The third-order valence-corrected chi connectivity index (χ3v) is 3.49. The second-order valence-corrected chi connectivity index (χ2v) is 5.68. The van der Waals surface area contributed by atoms with Crippen LogP contribution in [0.25, 0.3) is 22.3 Å². The standard InChI is InChI=1S/C16H15ClN4O2/c1-9(2)23-15(22)11-8-18-16(17)19-13(11)14-10-6-4-5-7-12(10)21(3)20-14/h4-9H,1-3H3. The summed E-state index contributed by atoms with van der Waals surface area (Å²) in [5.74, 6) is -0.499. The Kier molecular flexibility index (Phi) is 4.00. The van der Waals surface area contributed by atoms with Gasteiger partial charge in [0.25, 0.3) is 0 Å². The zero-order chi connectivity index (χ0) is 16.6. The molecule has 0 atom stereocenters. The van der Waals surface area contributed by atoms with Gasteiger partial charge in [-0.3, -0.25) is 4.68 Å². The van der Waals surface area contributed by atoms with Gasteiger partial charge in [0, 0.05) is 18.6 Å². The molecular weight excluding hydrogens is 316 g/mol. The van der Waals surface area contributed by atoms with Crippen LogP contribution >= 0.6 is 11.6 Å². The molecule has 3 rings (SSSR count). The Bertz CT molecular complexity index is 889. The number of para-hydroxylation sites is 1. The third kappa shape index (κ3) is 2.90. The van der Waals surface area contributed by atoms with E-state index in [9.17, 15) is 4.79 Å². The summed E-state index contributed by atoms with van der Waals surface area (Å²) in [6, 6.07) is 7.70. The van der Waals surface area contributed by atoms with Crippen molar-refractivity contribution in [1.82, 2.24) is 19.7 Å². The average Bonchev–Trinajstić information content (AvgIpc) is 2.84. The Morgan fingerprint density at radius 1 is 1.26 bits per heavy atom. The van der Waals surface area contributed by atoms with Crippen molar-refractivity contribution < 1.29 is 9.53 Å². The molecule has 0 aliphatic carbocycles. The summed E-state index contributed by atoms with van der Waals surface area (Å²) in [6.07, 6.45) is 1.13. The molecule has 7 heteroatoms. The molecule has 0 radical (unpaired) electrons. The fourth-order valence-electron chi connectivity index (χ4n) is 2.36. The molecule has 0 N–H and O–H groups in total. The highest BCUT2D eigenvalue weighted by atomic mass is 35.5. The van der Waals surface area contributed by atoms with Crippen molar-refractivity contribution in [3.63, 3.8) is 0 Å². The SMILES string of the molecule is CC(C)OC(=O)c1cnc(Cl)nc1-c1nn(C)c2ccccc12. The van der Waals surface area contributed by atoms with E-state index in [0.717, 1.165) is 10.9 Å². The molecule has 0 saturated carbocycles. The van der Waals surface area contributed by atoms with Crippen LogP contribution in [-0.4, -0.2) is 31.8 Å². The van der Waals surface area contributed by atoms with Gasteiger partial charge in [0.1, 0.15) is 17.0 Å². The lowest BCUT2D eigenvalue weighted by molar-refractivity contribution is 0.0378. The Hall–Kier alpha value is -2.47. The molecule has 1 aromatic carbocycles. The fraction of sp³-hybridized carbons (Fsp3) is 0.250. The smallest absolute Gasteiger partial charge is 0.342 e. The van der Waals surface area contributed by atoms with Crippen LogP contribution in [-0.2, 0) is 11.8 Å². The Balaban J connectivity index is 2.22. The number of carbonyl (C=O) groups excluding carboxylic acids is 1. The molecule has 0 saturated heterocycles. The minimum Gasteiger partial charge on any atom is -0.459 e. The molecule has 2 aromatic heterocycles. The molecule has 118 valence electrons. The van der Waals surface area contributed by atoms with E-state index in [1.54, 1.807) is 18.5 Å². The molecule has 0 fully saturated rings. The van der Waals surface area contributed by atoms with Crippen LogP contribution in [0.5, 0.6) is 0 Å². The van der Waals surface area contributed by atoms with Crippen LogP contribution in [0.15, 0.2) is 30.5 Å². The number of esters is 1. The first-order chi connectivity index (χ1) is 11.0. The molecule has 0 spiro atoms. The summed E-state index contributed by atoms with van der Waals surface area (Å²) in [4.78, 5) is 20.4. The number of benzene rings is 1. The molecule has 2 heterocycles. The van der Waals surface area contributed by atoms with Gasteiger partial charge in [0.2, 0.25) is 5.28 Å². The van der Waals surface area contributed by atoms with Gasteiger partial charge in [-0.1, -0.05) is 18.2 Å². The Morgan fingerprint density at radius 3 is 2.74 bits per heavy atom. The van der Waals surface area contributed by atoms with E-state index in [1.807, 2.05) is 31.3 Å². The summed E-state index contributed by atoms with van der Waals surface area (Å²) in [5, 5.41) is 5.41. The largest absolute Gasteiger partial charge is 0.459 e. The van der Waals surface area contributed by atoms with Crippen LogP contribution in [0.1, 0.15) is 24.2 Å². The van der Waals surface area contributed by atoms with Gasteiger partial charge in [-0.25, -0.2) is 14.8 Å². The van der Waals surface area contributed by atoms with E-state index in [2.05, 4.69) is 15.1 Å². The van der Waals surface area contributed by atoms with E-state index in [-0.39, 0.29) is 17.0 Å². The van der Waals surface area contributed by atoms with E-state index < -0.39 is 5.97 Å². The molecule has 0 aliphatic rings. The number of carbonyl (C=O) groups is 1. The monoisotopic (exact) mass is 330 g/mol. The first kappa shape index (κ1) is 15.4. The fourth-order valence-corrected chi connectivity index (χ4v) is 2.49. The molecule has 0 bridgehead atoms. The van der Waals surface area contributed by atoms with Gasteiger partial charge in [-0.15, -0.1) is 0 Å². The van der Waals surface area contributed by atoms with Crippen molar-refractivity contribution in [2.75, 3.05) is 0 Å². The van der Waals surface area contributed by atoms with Crippen molar-refractivity contribution >= 4 is 28.5 Å². The van der Waals surface area contributed by atoms with Crippen molar-refractivity contribution in [2.24, 2.45) is 7.05 Å². The highest BCUT2D eigenvalue weighted by molar-refractivity contribution is 6.28. The predicted molar refractivity (Wildman–Crippen MR) is 87.3 cm³/mol. The summed E-state index contributed by atoms with van der Waals surface area (Å²) in [6.45, 7) is 3.56. The molecule has 23 heavy (non-hydrogen) atoms. The quantitative estimate of drug-likeness (QED) is 0.544. The molecule has 0 amide bonds. The third-order valence-electron chi connectivity index (χ3n) is 3.30. The summed E-state index contributed by atoms with van der Waals surface area (Å²) >= 11 is 5.93. The molecule has 0 aliphatic heterocycles. The van der Waals surface area contributed by atoms with Crippen molar-refractivity contribution in [1.29, 1.82) is 0 Å². The van der Waals surface area contributed by atoms with Crippen LogP contribution in [0.3, 0.4) is 0 Å². The van der Waals surface area contributed by atoms with E-state index in [0.29, 0.717) is 11.4 Å². The van der Waals surface area contributed by atoms with E-state index >= 15 is 0 Å².